The lowest BCUT2D eigenvalue weighted by molar-refractivity contribution is -0.135. The Morgan fingerprint density at radius 3 is 2.47 bits per heavy atom. The molecule has 0 aromatic carbocycles. The topological polar surface area (TPSA) is 23.6 Å². The highest BCUT2D eigenvalue weighted by Crippen LogP contribution is 2.20. The molecule has 98 valence electrons. The average Bonchev–Trinajstić information content (AvgIpc) is 2.28. The van der Waals surface area contributed by atoms with E-state index in [2.05, 4.69) is 38.7 Å². The second kappa shape index (κ2) is 6.20. The third kappa shape index (κ3) is 3.84. The van der Waals surface area contributed by atoms with Gasteiger partial charge in [0.2, 0.25) is 5.91 Å². The van der Waals surface area contributed by atoms with Crippen LogP contribution in [-0.2, 0) is 4.79 Å². The number of carbonyl (C=O) groups is 1. The van der Waals surface area contributed by atoms with E-state index in [4.69, 9.17) is 0 Å². The van der Waals surface area contributed by atoms with Crippen molar-refractivity contribution in [1.29, 1.82) is 0 Å². The molecule has 0 atom stereocenters. The van der Waals surface area contributed by atoms with Gasteiger partial charge in [0.1, 0.15) is 0 Å². The van der Waals surface area contributed by atoms with Crippen molar-refractivity contribution in [3.63, 3.8) is 0 Å². The largest absolute Gasteiger partial charge is 0.339 e. The van der Waals surface area contributed by atoms with Crippen molar-refractivity contribution >= 4 is 5.91 Å². The average molecular weight is 238 g/mol. The van der Waals surface area contributed by atoms with Crippen LogP contribution in [0, 0.1) is 0 Å². The minimum atomic E-state index is 0.108. The molecule has 1 rings (SSSR count). The molecule has 0 N–H and O–H groups in total. The Labute approximate surface area is 105 Å². The van der Waals surface area contributed by atoms with Crippen LogP contribution in [0.5, 0.6) is 0 Å². The van der Waals surface area contributed by atoms with Gasteiger partial charge in [0, 0.05) is 31.6 Å². The van der Waals surface area contributed by atoms with Crippen molar-refractivity contribution in [2.75, 3.05) is 26.2 Å². The lowest BCUT2D eigenvalue weighted by atomic mass is 9.98. The van der Waals surface area contributed by atoms with Gasteiger partial charge in [-0.3, -0.25) is 9.69 Å². The maximum absolute atomic E-state index is 12.0. The number of allylic oxidation sites excluding steroid dienone is 1. The van der Waals surface area contributed by atoms with Gasteiger partial charge in [0.25, 0.3) is 0 Å². The second-order valence-corrected chi connectivity index (χ2v) is 5.29. The first-order valence-electron chi connectivity index (χ1n) is 6.69. The molecule has 0 aliphatic carbocycles. The molecule has 1 fully saturated rings. The molecule has 0 saturated carbocycles. The van der Waals surface area contributed by atoms with E-state index in [-0.39, 0.29) is 11.4 Å². The Hall–Kier alpha value is -0.830. The third-order valence-electron chi connectivity index (χ3n) is 3.50. The number of hydrogen-bond acceptors (Lipinski definition) is 2. The van der Waals surface area contributed by atoms with Crippen LogP contribution in [0.15, 0.2) is 12.2 Å². The first-order valence-corrected chi connectivity index (χ1v) is 6.69. The summed E-state index contributed by atoms with van der Waals surface area (Å²) in [5.74, 6) is 0.263. The first kappa shape index (κ1) is 14.2. The van der Waals surface area contributed by atoms with Gasteiger partial charge in [0.05, 0.1) is 0 Å². The van der Waals surface area contributed by atoms with Gasteiger partial charge in [0.15, 0.2) is 0 Å². The molecular weight excluding hydrogens is 212 g/mol. The van der Waals surface area contributed by atoms with Gasteiger partial charge in [-0.05, 0) is 26.8 Å². The van der Waals surface area contributed by atoms with Crippen molar-refractivity contribution in [2.24, 2.45) is 0 Å². The molecule has 1 amide bonds. The predicted octanol–water partition coefficient (Wildman–Crippen LogP) is 2.29. The first-order chi connectivity index (χ1) is 8.01. The van der Waals surface area contributed by atoms with Gasteiger partial charge in [-0.15, -0.1) is 0 Å². The molecule has 0 unspecified atom stereocenters. The zero-order chi connectivity index (χ0) is 12.9. The molecule has 1 heterocycles. The molecule has 0 bridgehead atoms. The Morgan fingerprint density at radius 1 is 1.24 bits per heavy atom. The quantitative estimate of drug-likeness (QED) is 0.702. The zero-order valence-electron chi connectivity index (χ0n) is 11.7. The number of likely N-dealkylation sites (N-methyl/N-ethyl adjacent to an activating group) is 1. The van der Waals surface area contributed by atoms with Gasteiger partial charge >= 0.3 is 0 Å². The van der Waals surface area contributed by atoms with E-state index in [9.17, 15) is 4.79 Å². The van der Waals surface area contributed by atoms with Crippen molar-refractivity contribution in [3.8, 4) is 0 Å². The number of piperazine rings is 1. The molecule has 17 heavy (non-hydrogen) atoms. The molecule has 0 aromatic heterocycles. The van der Waals surface area contributed by atoms with Crippen LogP contribution in [0.4, 0.5) is 0 Å². The number of carbonyl (C=O) groups excluding carboxylic acids is 1. The second-order valence-electron chi connectivity index (χ2n) is 5.29. The summed E-state index contributed by atoms with van der Waals surface area (Å²) in [6.07, 6.45) is 5.60. The van der Waals surface area contributed by atoms with E-state index < -0.39 is 0 Å². The highest BCUT2D eigenvalue weighted by atomic mass is 16.2. The molecule has 1 aliphatic rings. The van der Waals surface area contributed by atoms with Crippen LogP contribution in [-0.4, -0.2) is 47.4 Å². The normalized spacial score (nSPS) is 21.1. The van der Waals surface area contributed by atoms with Gasteiger partial charge < -0.3 is 4.90 Å². The van der Waals surface area contributed by atoms with Gasteiger partial charge in [-0.1, -0.05) is 26.0 Å². The summed E-state index contributed by atoms with van der Waals surface area (Å²) in [4.78, 5) is 16.5. The van der Waals surface area contributed by atoms with Gasteiger partial charge in [-0.25, -0.2) is 0 Å². The van der Waals surface area contributed by atoms with E-state index >= 15 is 0 Å². The predicted molar refractivity (Wildman–Crippen MR) is 72.0 cm³/mol. The maximum Gasteiger partial charge on any atom is 0.226 e. The van der Waals surface area contributed by atoms with Crippen molar-refractivity contribution in [1.82, 2.24) is 9.80 Å². The molecule has 0 radical (unpaired) electrons. The monoisotopic (exact) mass is 238 g/mol. The molecule has 3 heteroatoms. The highest BCUT2D eigenvalue weighted by molar-refractivity contribution is 5.77. The number of hydrogen-bond donors (Lipinski definition) is 0. The fourth-order valence-corrected chi connectivity index (χ4v) is 2.47. The van der Waals surface area contributed by atoms with Crippen LogP contribution in [0.3, 0.4) is 0 Å². The highest BCUT2D eigenvalue weighted by Gasteiger charge is 2.33. The standard InChI is InChI=1S/C14H26N2O/c1-5-7-8-9-13(17)15-10-11-16(6-2)14(3,4)12-15/h7-8H,5-6,9-12H2,1-4H3/b8-7+. The Morgan fingerprint density at radius 2 is 1.94 bits per heavy atom. The fourth-order valence-electron chi connectivity index (χ4n) is 2.47. The number of rotatable bonds is 4. The molecular formula is C14H26N2O. The fraction of sp³-hybridized carbons (Fsp3) is 0.786. The molecule has 0 aromatic rings. The lowest BCUT2D eigenvalue weighted by Crippen LogP contribution is -2.60. The van der Waals surface area contributed by atoms with Crippen molar-refractivity contribution in [2.45, 2.75) is 46.1 Å². The summed E-state index contributed by atoms with van der Waals surface area (Å²) in [5, 5.41) is 0. The maximum atomic E-state index is 12.0. The van der Waals surface area contributed by atoms with Crippen LogP contribution >= 0.6 is 0 Å². The van der Waals surface area contributed by atoms with Gasteiger partial charge in [-0.2, -0.15) is 0 Å². The van der Waals surface area contributed by atoms with Crippen LogP contribution in [0.2, 0.25) is 0 Å². The SMILES string of the molecule is CC/C=C/CC(=O)N1CCN(CC)C(C)(C)C1. The minimum absolute atomic E-state index is 0.108. The molecule has 3 nitrogen and oxygen atoms in total. The van der Waals surface area contributed by atoms with E-state index in [1.165, 1.54) is 0 Å². The number of nitrogens with zero attached hydrogens (tertiary/aromatic N) is 2. The summed E-state index contributed by atoms with van der Waals surface area (Å²) in [6.45, 7) is 12.5. The van der Waals surface area contributed by atoms with E-state index in [1.807, 2.05) is 11.0 Å². The smallest absolute Gasteiger partial charge is 0.226 e. The summed E-state index contributed by atoms with van der Waals surface area (Å²) in [5.41, 5.74) is 0.108. The molecule has 1 aliphatic heterocycles. The van der Waals surface area contributed by atoms with Crippen molar-refractivity contribution in [3.05, 3.63) is 12.2 Å². The van der Waals surface area contributed by atoms with E-state index in [0.29, 0.717) is 6.42 Å². The summed E-state index contributed by atoms with van der Waals surface area (Å²) < 4.78 is 0. The lowest BCUT2D eigenvalue weighted by Gasteiger charge is -2.46. The zero-order valence-corrected chi connectivity index (χ0v) is 11.7. The van der Waals surface area contributed by atoms with E-state index in [0.717, 1.165) is 32.6 Å². The van der Waals surface area contributed by atoms with Crippen LogP contribution in [0.25, 0.3) is 0 Å². The third-order valence-corrected chi connectivity index (χ3v) is 3.50. The van der Waals surface area contributed by atoms with E-state index in [1.54, 1.807) is 0 Å². The molecule has 1 saturated heterocycles. The molecule has 0 spiro atoms. The van der Waals surface area contributed by atoms with Crippen LogP contribution < -0.4 is 0 Å². The Bertz CT molecular complexity index is 284. The minimum Gasteiger partial charge on any atom is -0.339 e. The number of amides is 1. The summed E-state index contributed by atoms with van der Waals surface area (Å²) in [6, 6.07) is 0. The Kier molecular flexibility index (Phi) is 5.19. The summed E-state index contributed by atoms with van der Waals surface area (Å²) >= 11 is 0. The van der Waals surface area contributed by atoms with Crippen molar-refractivity contribution < 1.29 is 4.79 Å². The Balaban J connectivity index is 2.52. The summed E-state index contributed by atoms with van der Waals surface area (Å²) in [7, 11) is 0. The van der Waals surface area contributed by atoms with Crippen LogP contribution in [0.1, 0.15) is 40.5 Å².